The number of fused-ring (bicyclic) bond motifs is 3. The van der Waals surface area contributed by atoms with Crippen molar-refractivity contribution in [1.82, 2.24) is 0 Å². The summed E-state index contributed by atoms with van der Waals surface area (Å²) in [7, 11) is -0.705. The Hall–Kier alpha value is -2.08. The van der Waals surface area contributed by atoms with Gasteiger partial charge in [0, 0.05) is 35.9 Å². The van der Waals surface area contributed by atoms with Crippen molar-refractivity contribution >= 4 is 33.4 Å². The average molecular weight is 377 g/mol. The fourth-order valence-corrected chi connectivity index (χ4v) is 10.3. The molecule has 0 radical (unpaired) electrons. The monoisotopic (exact) mass is 377 g/mol. The van der Waals surface area contributed by atoms with Crippen LogP contribution in [-0.2, 0) is 0 Å². The number of anilines is 3. The summed E-state index contributed by atoms with van der Waals surface area (Å²) in [5, 5.41) is 0. The van der Waals surface area contributed by atoms with E-state index in [0.29, 0.717) is 0 Å². The van der Waals surface area contributed by atoms with Gasteiger partial charge >= 0.3 is 0 Å². The summed E-state index contributed by atoms with van der Waals surface area (Å²) in [6, 6.07) is 32.8. The van der Waals surface area contributed by atoms with Gasteiger partial charge in [-0.25, -0.2) is 0 Å². The van der Waals surface area contributed by atoms with Crippen LogP contribution in [0.4, 0.5) is 17.1 Å². The Morgan fingerprint density at radius 3 is 1.08 bits per heavy atom. The van der Waals surface area contributed by atoms with Crippen molar-refractivity contribution in [3.05, 3.63) is 91.0 Å². The molecule has 3 aromatic rings. The lowest BCUT2D eigenvalue weighted by Gasteiger charge is -2.58. The molecule has 0 amide bonds. The van der Waals surface area contributed by atoms with E-state index in [1.54, 1.807) is 0 Å². The van der Waals surface area contributed by atoms with Gasteiger partial charge in [-0.3, -0.25) is 0 Å². The Balaban J connectivity index is 1.60. The minimum Gasteiger partial charge on any atom is -0.312 e. The van der Waals surface area contributed by atoms with Gasteiger partial charge in [0.05, 0.1) is 0 Å². The predicted molar refractivity (Wildman–Crippen MR) is 115 cm³/mol. The standard InChI is InChI=1S/C21H21N3P2/c1-4-10-19(11-5-1)22-16-25-17-23(20-12-6-2-7-13-20)26(22)24(18-25)21-14-8-3-9-15-21/h1-15H,16-18H2. The van der Waals surface area contributed by atoms with Crippen LogP contribution in [-0.4, -0.2) is 18.9 Å². The highest BCUT2D eigenvalue weighted by molar-refractivity contribution is 7.72. The molecule has 0 spiro atoms. The van der Waals surface area contributed by atoms with E-state index in [2.05, 4.69) is 105 Å². The molecule has 130 valence electrons. The molecular formula is C21H21N3P2. The molecule has 3 heterocycles. The zero-order valence-electron chi connectivity index (χ0n) is 14.5. The van der Waals surface area contributed by atoms with Crippen molar-refractivity contribution < 1.29 is 0 Å². The first-order valence-corrected chi connectivity index (χ1v) is 12.0. The molecule has 3 aromatic carbocycles. The largest absolute Gasteiger partial charge is 0.312 e. The minimum absolute atomic E-state index is 0.0984. The minimum atomic E-state index is -0.606. The molecule has 3 aliphatic heterocycles. The van der Waals surface area contributed by atoms with E-state index >= 15 is 0 Å². The van der Waals surface area contributed by atoms with Gasteiger partial charge in [-0.2, -0.15) is 0 Å². The van der Waals surface area contributed by atoms with E-state index in [1.165, 1.54) is 35.9 Å². The molecule has 0 N–H and O–H groups in total. The van der Waals surface area contributed by atoms with Gasteiger partial charge in [-0.05, 0) is 44.3 Å². The van der Waals surface area contributed by atoms with E-state index in [4.69, 9.17) is 0 Å². The van der Waals surface area contributed by atoms with Crippen LogP contribution in [0, 0.1) is 0 Å². The van der Waals surface area contributed by atoms with Crippen LogP contribution in [0.2, 0.25) is 0 Å². The SMILES string of the molecule is c1ccc(N2CP3CN(c4ccccc4)P2N(c2ccccc2)C3)cc1. The van der Waals surface area contributed by atoms with Gasteiger partial charge in [-0.1, -0.05) is 54.6 Å². The Morgan fingerprint density at radius 1 is 0.462 bits per heavy atom. The lowest BCUT2D eigenvalue weighted by atomic mass is 10.3. The van der Waals surface area contributed by atoms with Crippen LogP contribution in [0.3, 0.4) is 0 Å². The molecule has 3 saturated heterocycles. The molecule has 26 heavy (non-hydrogen) atoms. The third-order valence-electron chi connectivity index (χ3n) is 4.81. The number of nitrogens with zero attached hydrogens (tertiary/aromatic N) is 3. The van der Waals surface area contributed by atoms with E-state index in [0.717, 1.165) is 0 Å². The number of benzene rings is 3. The van der Waals surface area contributed by atoms with E-state index in [-0.39, 0.29) is 7.92 Å². The van der Waals surface area contributed by atoms with Crippen molar-refractivity contribution in [3.8, 4) is 0 Å². The number of hydrogen-bond acceptors (Lipinski definition) is 3. The summed E-state index contributed by atoms with van der Waals surface area (Å²) in [6.07, 6.45) is 3.62. The summed E-state index contributed by atoms with van der Waals surface area (Å²) in [5.41, 5.74) is 4.02. The van der Waals surface area contributed by atoms with Crippen LogP contribution in [0.1, 0.15) is 0 Å². The van der Waals surface area contributed by atoms with Crippen LogP contribution in [0.25, 0.3) is 0 Å². The predicted octanol–water partition coefficient (Wildman–Crippen LogP) is 6.11. The number of para-hydroxylation sites is 3. The molecule has 2 bridgehead atoms. The van der Waals surface area contributed by atoms with Crippen molar-refractivity contribution in [1.29, 1.82) is 0 Å². The average Bonchev–Trinajstić information content (AvgIpc) is 2.75. The quantitative estimate of drug-likeness (QED) is 0.510. The summed E-state index contributed by atoms with van der Waals surface area (Å²) < 4.78 is 7.94. The first-order chi connectivity index (χ1) is 12.9. The fourth-order valence-electron chi connectivity index (χ4n) is 3.62. The van der Waals surface area contributed by atoms with Gasteiger partial charge < -0.3 is 14.0 Å². The normalized spacial score (nSPS) is 21.9. The van der Waals surface area contributed by atoms with Crippen LogP contribution >= 0.6 is 16.3 Å². The fraction of sp³-hybridized carbons (Fsp3) is 0.143. The van der Waals surface area contributed by atoms with Gasteiger partial charge in [0.2, 0.25) is 8.37 Å². The maximum absolute atomic E-state index is 2.65. The molecule has 5 heteroatoms. The Labute approximate surface area is 157 Å². The lowest BCUT2D eigenvalue weighted by molar-refractivity contribution is 1.05. The lowest BCUT2D eigenvalue weighted by Crippen LogP contribution is -2.48. The number of rotatable bonds is 3. The summed E-state index contributed by atoms with van der Waals surface area (Å²) >= 11 is 0. The van der Waals surface area contributed by atoms with Gasteiger partial charge in [-0.15, -0.1) is 0 Å². The third-order valence-corrected chi connectivity index (χ3v) is 9.94. The zero-order chi connectivity index (χ0) is 17.3. The summed E-state index contributed by atoms with van der Waals surface area (Å²) in [6.45, 7) is 0. The summed E-state index contributed by atoms with van der Waals surface area (Å²) in [5.74, 6) is 0. The Bertz CT molecular complexity index is 743. The van der Waals surface area contributed by atoms with Crippen LogP contribution in [0.15, 0.2) is 91.0 Å². The molecule has 0 aliphatic carbocycles. The second-order valence-corrected chi connectivity index (χ2v) is 10.7. The van der Waals surface area contributed by atoms with E-state index in [9.17, 15) is 0 Å². The smallest absolute Gasteiger partial charge is 0.209 e. The number of hydrogen-bond donors (Lipinski definition) is 0. The van der Waals surface area contributed by atoms with Crippen molar-refractivity contribution in [3.63, 3.8) is 0 Å². The molecule has 0 atom stereocenters. The molecule has 3 fully saturated rings. The first kappa shape index (κ1) is 16.1. The molecule has 0 aromatic heterocycles. The van der Waals surface area contributed by atoms with Gasteiger partial charge in [0.15, 0.2) is 0 Å². The first-order valence-electron chi connectivity index (χ1n) is 8.90. The van der Waals surface area contributed by atoms with Crippen LogP contribution in [0.5, 0.6) is 0 Å². The Kier molecular flexibility index (Phi) is 4.28. The molecule has 0 unspecified atom stereocenters. The molecule has 6 rings (SSSR count). The van der Waals surface area contributed by atoms with Gasteiger partial charge in [0.25, 0.3) is 0 Å². The maximum atomic E-state index is 2.65. The third kappa shape index (κ3) is 2.86. The summed E-state index contributed by atoms with van der Waals surface area (Å²) in [4.78, 5) is 0. The van der Waals surface area contributed by atoms with E-state index in [1.807, 2.05) is 0 Å². The molecule has 3 nitrogen and oxygen atoms in total. The zero-order valence-corrected chi connectivity index (χ0v) is 16.3. The second-order valence-electron chi connectivity index (χ2n) is 6.57. The highest BCUT2D eigenvalue weighted by Gasteiger charge is 2.45. The Morgan fingerprint density at radius 2 is 0.769 bits per heavy atom. The highest BCUT2D eigenvalue weighted by atomic mass is 31.2. The van der Waals surface area contributed by atoms with Crippen molar-refractivity contribution in [2.75, 3.05) is 32.9 Å². The highest BCUT2D eigenvalue weighted by Crippen LogP contribution is 2.68. The van der Waals surface area contributed by atoms with Gasteiger partial charge in [0.1, 0.15) is 0 Å². The van der Waals surface area contributed by atoms with Crippen molar-refractivity contribution in [2.45, 2.75) is 0 Å². The van der Waals surface area contributed by atoms with Crippen molar-refractivity contribution in [2.24, 2.45) is 0 Å². The van der Waals surface area contributed by atoms with E-state index < -0.39 is 8.37 Å². The molecule has 0 saturated carbocycles. The topological polar surface area (TPSA) is 9.72 Å². The molecule has 3 aliphatic rings. The van der Waals surface area contributed by atoms with Crippen LogP contribution < -0.4 is 14.0 Å². The second kappa shape index (κ2) is 6.91. The maximum Gasteiger partial charge on any atom is 0.209 e. The molecular weight excluding hydrogens is 356 g/mol.